The van der Waals surface area contributed by atoms with Crippen molar-refractivity contribution in [2.24, 2.45) is 0 Å². The van der Waals surface area contributed by atoms with Gasteiger partial charge in [-0.05, 0) is 31.2 Å². The van der Waals surface area contributed by atoms with Gasteiger partial charge in [0, 0.05) is 37.9 Å². The van der Waals surface area contributed by atoms with Gasteiger partial charge < -0.3 is 9.64 Å². The monoisotopic (exact) mass is 380 g/mol. The molecular formula is C18H21ClN2O3S. The lowest BCUT2D eigenvalue weighted by atomic mass is 10.2. The van der Waals surface area contributed by atoms with Crippen LogP contribution < -0.4 is 9.64 Å². The molecule has 3 rings (SSSR count). The predicted molar refractivity (Wildman–Crippen MR) is 100 cm³/mol. The number of sulfonamides is 1. The van der Waals surface area contributed by atoms with Crippen LogP contribution in [0.15, 0.2) is 47.4 Å². The Morgan fingerprint density at radius 2 is 1.64 bits per heavy atom. The first-order chi connectivity index (χ1) is 11.9. The molecule has 0 unspecified atom stereocenters. The lowest BCUT2D eigenvalue weighted by Crippen LogP contribution is -2.48. The summed E-state index contributed by atoms with van der Waals surface area (Å²) in [6.07, 6.45) is 0. The summed E-state index contributed by atoms with van der Waals surface area (Å²) in [6.45, 7) is 4.26. The number of benzene rings is 2. The summed E-state index contributed by atoms with van der Waals surface area (Å²) in [5.74, 6) is 0.362. The molecule has 0 N–H and O–H groups in total. The van der Waals surface area contributed by atoms with E-state index in [4.69, 9.17) is 16.3 Å². The molecule has 1 saturated heterocycles. The van der Waals surface area contributed by atoms with Gasteiger partial charge in [0.25, 0.3) is 0 Å². The number of rotatable bonds is 4. The van der Waals surface area contributed by atoms with Crippen LogP contribution in [0.2, 0.25) is 5.02 Å². The molecule has 1 aliphatic heterocycles. The number of piperazine rings is 1. The first-order valence-electron chi connectivity index (χ1n) is 8.07. The Hall–Kier alpha value is -1.76. The van der Waals surface area contributed by atoms with Crippen molar-refractivity contribution in [3.05, 3.63) is 53.1 Å². The van der Waals surface area contributed by atoms with Crippen molar-refractivity contribution < 1.29 is 13.2 Å². The zero-order chi connectivity index (χ0) is 18.0. The third kappa shape index (κ3) is 3.76. The fourth-order valence-electron chi connectivity index (χ4n) is 2.89. The van der Waals surface area contributed by atoms with E-state index in [1.807, 2.05) is 0 Å². The number of hydrogen-bond acceptors (Lipinski definition) is 4. The average molecular weight is 381 g/mol. The summed E-state index contributed by atoms with van der Waals surface area (Å²) in [5.41, 5.74) is 2.33. The molecule has 0 spiro atoms. The number of nitrogens with zero attached hydrogens (tertiary/aromatic N) is 2. The summed E-state index contributed by atoms with van der Waals surface area (Å²) < 4.78 is 32.4. The van der Waals surface area contributed by atoms with Crippen molar-refractivity contribution in [3.8, 4) is 5.75 Å². The normalized spacial score (nSPS) is 16.0. The maximum Gasteiger partial charge on any atom is 0.243 e. The van der Waals surface area contributed by atoms with Crippen LogP contribution in [0.5, 0.6) is 5.75 Å². The standard InChI is InChI=1S/C18H21ClN2O3S/c1-14-3-5-15(6-4-14)20-9-11-21(12-10-20)25(22,23)16-7-8-17(19)18(13-16)24-2/h3-8,13H,9-12H2,1-2H3. The molecule has 0 radical (unpaired) electrons. The second-order valence-corrected chi connectivity index (χ2v) is 8.37. The smallest absolute Gasteiger partial charge is 0.243 e. The van der Waals surface area contributed by atoms with Crippen LogP contribution in [0, 0.1) is 6.92 Å². The first-order valence-corrected chi connectivity index (χ1v) is 9.89. The second kappa shape index (κ2) is 7.23. The summed E-state index contributed by atoms with van der Waals surface area (Å²) in [6, 6.07) is 12.8. The maximum absolute atomic E-state index is 12.9. The molecule has 5 nitrogen and oxygen atoms in total. The highest BCUT2D eigenvalue weighted by Gasteiger charge is 2.29. The number of aryl methyl sites for hydroxylation is 1. The summed E-state index contributed by atoms with van der Waals surface area (Å²) in [4.78, 5) is 2.41. The number of anilines is 1. The summed E-state index contributed by atoms with van der Waals surface area (Å²) in [5, 5.41) is 0.394. The Balaban J connectivity index is 1.74. The van der Waals surface area contributed by atoms with Crippen LogP contribution in [0.4, 0.5) is 5.69 Å². The Kier molecular flexibility index (Phi) is 5.22. The van der Waals surface area contributed by atoms with Gasteiger partial charge in [0.05, 0.1) is 17.0 Å². The molecule has 0 aliphatic carbocycles. The van der Waals surface area contributed by atoms with Crippen LogP contribution in [-0.2, 0) is 10.0 Å². The molecule has 25 heavy (non-hydrogen) atoms. The zero-order valence-electron chi connectivity index (χ0n) is 14.3. The molecule has 1 heterocycles. The lowest BCUT2D eigenvalue weighted by molar-refractivity contribution is 0.383. The summed E-state index contributed by atoms with van der Waals surface area (Å²) >= 11 is 5.99. The van der Waals surface area contributed by atoms with E-state index in [0.29, 0.717) is 37.0 Å². The first kappa shape index (κ1) is 18.0. The second-order valence-electron chi connectivity index (χ2n) is 6.02. The number of methoxy groups -OCH3 is 1. The maximum atomic E-state index is 12.9. The average Bonchev–Trinajstić information content (AvgIpc) is 2.62. The molecule has 2 aromatic rings. The van der Waals surface area contributed by atoms with Gasteiger partial charge in [-0.1, -0.05) is 29.3 Å². The predicted octanol–water partition coefficient (Wildman–Crippen LogP) is 3.17. The summed E-state index contributed by atoms with van der Waals surface area (Å²) in [7, 11) is -2.09. The fourth-order valence-corrected chi connectivity index (χ4v) is 4.52. The molecule has 0 aromatic heterocycles. The molecule has 0 amide bonds. The SMILES string of the molecule is COc1cc(S(=O)(=O)N2CCN(c3ccc(C)cc3)CC2)ccc1Cl. The molecule has 1 aliphatic rings. The molecule has 7 heteroatoms. The van der Waals surface area contributed by atoms with Crippen molar-refractivity contribution in [2.75, 3.05) is 38.2 Å². The Morgan fingerprint density at radius 1 is 1.00 bits per heavy atom. The van der Waals surface area contributed by atoms with Crippen molar-refractivity contribution >= 4 is 27.3 Å². The third-order valence-electron chi connectivity index (χ3n) is 4.40. The van der Waals surface area contributed by atoms with Crippen LogP contribution in [0.1, 0.15) is 5.56 Å². The minimum absolute atomic E-state index is 0.206. The third-order valence-corrected chi connectivity index (χ3v) is 6.61. The minimum atomic E-state index is -3.56. The van der Waals surface area contributed by atoms with E-state index >= 15 is 0 Å². The van der Waals surface area contributed by atoms with E-state index in [1.165, 1.54) is 29.1 Å². The van der Waals surface area contributed by atoms with Crippen LogP contribution >= 0.6 is 11.6 Å². The van der Waals surface area contributed by atoms with Gasteiger partial charge in [-0.3, -0.25) is 0 Å². The van der Waals surface area contributed by atoms with Gasteiger partial charge in [0.1, 0.15) is 5.75 Å². The Morgan fingerprint density at radius 3 is 2.24 bits per heavy atom. The molecule has 2 aromatic carbocycles. The molecular weight excluding hydrogens is 360 g/mol. The van der Waals surface area contributed by atoms with Gasteiger partial charge >= 0.3 is 0 Å². The highest BCUT2D eigenvalue weighted by Crippen LogP contribution is 2.29. The Labute approximate surface area is 153 Å². The number of hydrogen-bond donors (Lipinski definition) is 0. The van der Waals surface area contributed by atoms with Gasteiger partial charge in [-0.25, -0.2) is 8.42 Å². The molecule has 0 bridgehead atoms. The molecule has 1 fully saturated rings. The van der Waals surface area contributed by atoms with Crippen molar-refractivity contribution in [1.82, 2.24) is 4.31 Å². The van der Waals surface area contributed by atoms with E-state index < -0.39 is 10.0 Å². The van der Waals surface area contributed by atoms with Gasteiger partial charge in [0.15, 0.2) is 0 Å². The zero-order valence-corrected chi connectivity index (χ0v) is 15.8. The molecule has 0 saturated carbocycles. The highest BCUT2D eigenvalue weighted by molar-refractivity contribution is 7.89. The number of halogens is 1. The van der Waals surface area contributed by atoms with E-state index in [2.05, 4.69) is 36.1 Å². The van der Waals surface area contributed by atoms with E-state index in [1.54, 1.807) is 6.07 Å². The van der Waals surface area contributed by atoms with Crippen molar-refractivity contribution in [2.45, 2.75) is 11.8 Å². The minimum Gasteiger partial charge on any atom is -0.495 e. The van der Waals surface area contributed by atoms with E-state index in [9.17, 15) is 8.42 Å². The van der Waals surface area contributed by atoms with Crippen LogP contribution in [0.25, 0.3) is 0 Å². The number of ether oxygens (including phenoxy) is 1. The van der Waals surface area contributed by atoms with Gasteiger partial charge in [0.2, 0.25) is 10.0 Å². The largest absolute Gasteiger partial charge is 0.495 e. The molecule has 134 valence electrons. The lowest BCUT2D eigenvalue weighted by Gasteiger charge is -2.35. The van der Waals surface area contributed by atoms with Crippen molar-refractivity contribution in [3.63, 3.8) is 0 Å². The molecule has 0 atom stereocenters. The van der Waals surface area contributed by atoms with Gasteiger partial charge in [-0.2, -0.15) is 4.31 Å². The van der Waals surface area contributed by atoms with Crippen molar-refractivity contribution in [1.29, 1.82) is 0 Å². The highest BCUT2D eigenvalue weighted by atomic mass is 35.5. The quantitative estimate of drug-likeness (QED) is 0.817. The van der Waals surface area contributed by atoms with E-state index in [0.717, 1.165) is 5.69 Å². The van der Waals surface area contributed by atoms with Crippen LogP contribution in [-0.4, -0.2) is 46.0 Å². The van der Waals surface area contributed by atoms with Crippen LogP contribution in [0.3, 0.4) is 0 Å². The topological polar surface area (TPSA) is 49.9 Å². The van der Waals surface area contributed by atoms with Gasteiger partial charge in [-0.15, -0.1) is 0 Å². The fraction of sp³-hybridized carbons (Fsp3) is 0.333. The Bertz CT molecular complexity index is 845. The van der Waals surface area contributed by atoms with E-state index in [-0.39, 0.29) is 4.90 Å².